The number of carbonyl (C=O) groups is 1. The zero-order chi connectivity index (χ0) is 17.1. The van der Waals surface area contributed by atoms with Crippen molar-refractivity contribution in [2.45, 2.75) is 6.54 Å². The van der Waals surface area contributed by atoms with E-state index >= 15 is 0 Å². The molecule has 2 heterocycles. The molecule has 2 aromatic heterocycles. The van der Waals surface area contributed by atoms with Crippen LogP contribution in [-0.4, -0.2) is 37.6 Å². The van der Waals surface area contributed by atoms with Gasteiger partial charge in [0.2, 0.25) is 0 Å². The predicted molar refractivity (Wildman–Crippen MR) is 89.9 cm³/mol. The van der Waals surface area contributed by atoms with Crippen LogP contribution in [0.15, 0.2) is 48.9 Å². The van der Waals surface area contributed by atoms with Crippen molar-refractivity contribution in [2.75, 3.05) is 6.61 Å². The molecular weight excluding hydrogens is 330 g/mol. The van der Waals surface area contributed by atoms with Crippen LogP contribution in [0.25, 0.3) is 22.4 Å². The average Bonchev–Trinajstić information content (AvgIpc) is 3.00. The molecule has 0 fully saturated rings. The fraction of sp³-hybridized carbons (Fsp3) is 0.118. The highest BCUT2D eigenvalue weighted by atomic mass is 35.5. The summed E-state index contributed by atoms with van der Waals surface area (Å²) in [6.07, 6.45) is 5.10. The van der Waals surface area contributed by atoms with Gasteiger partial charge in [-0.2, -0.15) is 5.10 Å². The first-order chi connectivity index (χ1) is 11.6. The maximum Gasteiger partial charge on any atom is 0.337 e. The average molecular weight is 344 g/mol. The second kappa shape index (κ2) is 6.82. The van der Waals surface area contributed by atoms with Crippen LogP contribution >= 0.6 is 11.6 Å². The van der Waals surface area contributed by atoms with Crippen molar-refractivity contribution < 1.29 is 15.0 Å². The zero-order valence-electron chi connectivity index (χ0n) is 12.6. The van der Waals surface area contributed by atoms with E-state index in [0.717, 1.165) is 11.1 Å². The molecule has 3 rings (SSSR count). The molecule has 0 atom stereocenters. The van der Waals surface area contributed by atoms with Crippen LogP contribution in [-0.2, 0) is 6.54 Å². The van der Waals surface area contributed by atoms with Crippen LogP contribution < -0.4 is 0 Å². The van der Waals surface area contributed by atoms with E-state index in [1.165, 1.54) is 6.07 Å². The predicted octanol–water partition coefficient (Wildman–Crippen LogP) is 2.96. The number of aliphatic hydroxyl groups excluding tert-OH is 1. The molecule has 0 saturated heterocycles. The number of benzene rings is 1. The third kappa shape index (κ3) is 3.15. The third-order valence-electron chi connectivity index (χ3n) is 3.55. The number of hydrogen-bond acceptors (Lipinski definition) is 4. The Morgan fingerprint density at radius 2 is 1.92 bits per heavy atom. The van der Waals surface area contributed by atoms with Gasteiger partial charge in [-0.25, -0.2) is 4.79 Å². The molecule has 6 nitrogen and oxygen atoms in total. The maximum absolute atomic E-state index is 11.3. The minimum absolute atomic E-state index is 0.0322. The van der Waals surface area contributed by atoms with Crippen molar-refractivity contribution in [3.05, 3.63) is 59.5 Å². The summed E-state index contributed by atoms with van der Waals surface area (Å²) in [5.74, 6) is -1.09. The van der Waals surface area contributed by atoms with Crippen LogP contribution in [0.4, 0.5) is 0 Å². The number of pyridine rings is 1. The number of nitrogens with zero attached hydrogens (tertiary/aromatic N) is 3. The fourth-order valence-electron chi connectivity index (χ4n) is 2.43. The van der Waals surface area contributed by atoms with E-state index in [9.17, 15) is 9.90 Å². The molecule has 0 unspecified atom stereocenters. The second-order valence-corrected chi connectivity index (χ2v) is 5.52. The first-order valence-electron chi connectivity index (χ1n) is 7.22. The van der Waals surface area contributed by atoms with E-state index in [0.29, 0.717) is 17.8 Å². The van der Waals surface area contributed by atoms with Gasteiger partial charge in [-0.3, -0.25) is 9.67 Å². The lowest BCUT2D eigenvalue weighted by Crippen LogP contribution is -2.02. The standard InChI is InChI=1S/C17H14ClN3O3/c18-15-2-1-12(9-13(15)17(23)24)14-10-21(7-8-22)20-16(14)11-3-5-19-6-4-11/h1-6,9-10,22H,7-8H2,(H,23,24). The largest absolute Gasteiger partial charge is 0.478 e. The molecule has 0 aliphatic carbocycles. The Hall–Kier alpha value is -2.70. The van der Waals surface area contributed by atoms with Gasteiger partial charge in [0.25, 0.3) is 0 Å². The highest BCUT2D eigenvalue weighted by Gasteiger charge is 2.16. The Morgan fingerprint density at radius 1 is 1.17 bits per heavy atom. The SMILES string of the molecule is O=C(O)c1cc(-c2cn(CCO)nc2-c2ccncc2)ccc1Cl. The second-order valence-electron chi connectivity index (χ2n) is 5.11. The summed E-state index contributed by atoms with van der Waals surface area (Å²) < 4.78 is 1.63. The summed E-state index contributed by atoms with van der Waals surface area (Å²) in [5.41, 5.74) is 3.01. The van der Waals surface area contributed by atoms with Gasteiger partial charge in [-0.1, -0.05) is 17.7 Å². The topological polar surface area (TPSA) is 88.2 Å². The van der Waals surface area contributed by atoms with Crippen molar-refractivity contribution in [3.63, 3.8) is 0 Å². The third-order valence-corrected chi connectivity index (χ3v) is 3.88. The number of aromatic nitrogens is 3. The highest BCUT2D eigenvalue weighted by molar-refractivity contribution is 6.33. The molecule has 24 heavy (non-hydrogen) atoms. The first-order valence-corrected chi connectivity index (χ1v) is 7.60. The number of aromatic carboxylic acids is 1. The fourth-order valence-corrected chi connectivity index (χ4v) is 2.63. The van der Waals surface area contributed by atoms with Gasteiger partial charge in [0.1, 0.15) is 5.69 Å². The molecule has 0 aliphatic rings. The van der Waals surface area contributed by atoms with Gasteiger partial charge < -0.3 is 10.2 Å². The van der Waals surface area contributed by atoms with Gasteiger partial charge in [0.05, 0.1) is 23.7 Å². The van der Waals surface area contributed by atoms with E-state index < -0.39 is 5.97 Å². The van der Waals surface area contributed by atoms with Gasteiger partial charge in [-0.05, 0) is 29.8 Å². The number of aliphatic hydroxyl groups is 1. The number of halogens is 1. The molecule has 0 aliphatic heterocycles. The molecular formula is C17H14ClN3O3. The lowest BCUT2D eigenvalue weighted by atomic mass is 10.0. The molecule has 7 heteroatoms. The van der Waals surface area contributed by atoms with Crippen LogP contribution in [0.3, 0.4) is 0 Å². The summed E-state index contributed by atoms with van der Waals surface area (Å²) in [5, 5.41) is 23.1. The number of carboxylic acid groups (broad SMARTS) is 1. The summed E-state index contributed by atoms with van der Waals surface area (Å²) in [7, 11) is 0. The van der Waals surface area contributed by atoms with Crippen LogP contribution in [0, 0.1) is 0 Å². The molecule has 0 bridgehead atoms. The minimum Gasteiger partial charge on any atom is -0.478 e. The van der Waals surface area contributed by atoms with E-state index in [1.54, 1.807) is 35.4 Å². The van der Waals surface area contributed by atoms with Gasteiger partial charge >= 0.3 is 5.97 Å². The van der Waals surface area contributed by atoms with E-state index in [2.05, 4.69) is 10.1 Å². The lowest BCUT2D eigenvalue weighted by molar-refractivity contribution is 0.0697. The van der Waals surface area contributed by atoms with Gasteiger partial charge in [0, 0.05) is 29.7 Å². The van der Waals surface area contributed by atoms with Crippen LogP contribution in [0.2, 0.25) is 5.02 Å². The van der Waals surface area contributed by atoms with Crippen molar-refractivity contribution in [2.24, 2.45) is 0 Å². The van der Waals surface area contributed by atoms with Crippen molar-refractivity contribution in [1.29, 1.82) is 0 Å². The highest BCUT2D eigenvalue weighted by Crippen LogP contribution is 2.32. The van der Waals surface area contributed by atoms with Crippen molar-refractivity contribution in [3.8, 4) is 22.4 Å². The molecule has 122 valence electrons. The zero-order valence-corrected chi connectivity index (χ0v) is 13.3. The lowest BCUT2D eigenvalue weighted by Gasteiger charge is -2.05. The molecule has 2 N–H and O–H groups in total. The Kier molecular flexibility index (Phi) is 4.59. The van der Waals surface area contributed by atoms with Gasteiger partial charge in [0.15, 0.2) is 0 Å². The Balaban J connectivity index is 2.16. The Morgan fingerprint density at radius 3 is 2.58 bits per heavy atom. The molecule has 0 amide bonds. The quantitative estimate of drug-likeness (QED) is 0.743. The summed E-state index contributed by atoms with van der Waals surface area (Å²) in [4.78, 5) is 15.3. The van der Waals surface area contributed by atoms with Crippen LogP contribution in [0.5, 0.6) is 0 Å². The summed E-state index contributed by atoms with van der Waals surface area (Å²) >= 11 is 5.95. The van der Waals surface area contributed by atoms with Gasteiger partial charge in [-0.15, -0.1) is 0 Å². The van der Waals surface area contributed by atoms with Crippen LogP contribution in [0.1, 0.15) is 10.4 Å². The molecule has 0 radical (unpaired) electrons. The Bertz CT molecular complexity index is 878. The first kappa shape index (κ1) is 16.2. The number of carboxylic acids is 1. The van der Waals surface area contributed by atoms with Crippen molar-refractivity contribution in [1.82, 2.24) is 14.8 Å². The number of rotatable bonds is 5. The minimum atomic E-state index is -1.09. The Labute approximate surface area is 143 Å². The number of hydrogen-bond donors (Lipinski definition) is 2. The molecule has 3 aromatic rings. The van der Waals surface area contributed by atoms with E-state index in [1.807, 2.05) is 12.1 Å². The summed E-state index contributed by atoms with van der Waals surface area (Å²) in [6.45, 7) is 0.301. The maximum atomic E-state index is 11.3. The smallest absolute Gasteiger partial charge is 0.337 e. The van der Waals surface area contributed by atoms with Crippen molar-refractivity contribution >= 4 is 17.6 Å². The normalized spacial score (nSPS) is 10.8. The van der Waals surface area contributed by atoms with E-state index in [4.69, 9.17) is 16.7 Å². The molecule has 0 spiro atoms. The molecule has 0 saturated carbocycles. The summed E-state index contributed by atoms with van der Waals surface area (Å²) in [6, 6.07) is 8.47. The van der Waals surface area contributed by atoms with E-state index in [-0.39, 0.29) is 17.2 Å². The monoisotopic (exact) mass is 343 g/mol. The molecule has 1 aromatic carbocycles.